The van der Waals surface area contributed by atoms with Gasteiger partial charge in [-0.25, -0.2) is 0 Å². The summed E-state index contributed by atoms with van der Waals surface area (Å²) >= 11 is 0. The maximum atomic E-state index is 14.0. The van der Waals surface area contributed by atoms with E-state index in [1.807, 2.05) is 72.5 Å². The van der Waals surface area contributed by atoms with Crippen LogP contribution >= 0.6 is 0 Å². The van der Waals surface area contributed by atoms with E-state index >= 15 is 0 Å². The van der Waals surface area contributed by atoms with Gasteiger partial charge in [-0.15, -0.1) is 0 Å². The molecular formula is C46H51N5O7. The Bertz CT molecular complexity index is 2260. The Morgan fingerprint density at radius 1 is 0.828 bits per heavy atom. The summed E-state index contributed by atoms with van der Waals surface area (Å²) in [6, 6.07) is 21.8. The van der Waals surface area contributed by atoms with Gasteiger partial charge in [0, 0.05) is 55.7 Å². The van der Waals surface area contributed by atoms with E-state index in [1.165, 1.54) is 18.2 Å². The van der Waals surface area contributed by atoms with Crippen molar-refractivity contribution in [2.75, 3.05) is 62.7 Å². The standard InChI is InChI=1S/C46H51N5O7/c1-29-19-35-37(47-27-34-22-32-20-30(14-15-40(32)51(34)45(35)53)28-49(2)16-10-13-44(52)56-4)24-41(29)57-17-8-5-9-18-58-43-25-38-36(23-42(43)55-3)46(54)50-33(26-48-38)21-31-11-6-7-12-39(31)50/h6-7,11-12,14-15,19-20,23-25,27,33-34,48H,5,8-10,13,16-18,21-22,26,28H2,1-4H3/t33-,34-/m0/s1. The number of unbranched alkanes of at least 4 members (excludes halogenated alkanes) is 2. The second kappa shape index (κ2) is 16.9. The number of esters is 1. The van der Waals surface area contributed by atoms with E-state index in [4.69, 9.17) is 23.9 Å². The zero-order valence-corrected chi connectivity index (χ0v) is 33.7. The summed E-state index contributed by atoms with van der Waals surface area (Å²) in [6.07, 6.45) is 7.10. The summed E-state index contributed by atoms with van der Waals surface area (Å²) in [5.41, 5.74) is 8.81. The lowest BCUT2D eigenvalue weighted by Crippen LogP contribution is -2.39. The number of hydrogen-bond donors (Lipinski definition) is 1. The zero-order valence-electron chi connectivity index (χ0n) is 33.7. The molecule has 0 spiro atoms. The molecule has 4 aromatic carbocycles. The smallest absolute Gasteiger partial charge is 0.305 e. The fourth-order valence-electron chi connectivity index (χ4n) is 8.56. The van der Waals surface area contributed by atoms with Crippen LogP contribution in [0.5, 0.6) is 17.2 Å². The highest BCUT2D eigenvalue weighted by Gasteiger charge is 2.38. The molecule has 2 atom stereocenters. The number of benzene rings is 4. The molecule has 58 heavy (non-hydrogen) atoms. The molecule has 0 saturated heterocycles. The predicted molar refractivity (Wildman–Crippen MR) is 225 cm³/mol. The van der Waals surface area contributed by atoms with Gasteiger partial charge in [-0.05, 0) is 99.1 Å². The van der Waals surface area contributed by atoms with E-state index in [-0.39, 0.29) is 29.9 Å². The monoisotopic (exact) mass is 785 g/mol. The van der Waals surface area contributed by atoms with Crippen molar-refractivity contribution in [3.8, 4) is 17.2 Å². The third kappa shape index (κ3) is 7.85. The number of nitrogens with one attached hydrogen (secondary N) is 1. The lowest BCUT2D eigenvalue weighted by Gasteiger charge is -2.22. The Kier molecular flexibility index (Phi) is 11.4. The first kappa shape index (κ1) is 39.0. The second-order valence-electron chi connectivity index (χ2n) is 15.6. The lowest BCUT2D eigenvalue weighted by atomic mass is 10.1. The molecule has 0 aliphatic carbocycles. The maximum absolute atomic E-state index is 14.0. The highest BCUT2D eigenvalue weighted by molar-refractivity contribution is 6.15. The van der Waals surface area contributed by atoms with Gasteiger partial charge in [-0.1, -0.05) is 30.3 Å². The molecule has 8 rings (SSSR count). The van der Waals surface area contributed by atoms with Crippen LogP contribution in [0, 0.1) is 6.92 Å². The van der Waals surface area contributed by atoms with Gasteiger partial charge >= 0.3 is 5.97 Å². The first-order chi connectivity index (χ1) is 28.2. The van der Waals surface area contributed by atoms with Gasteiger partial charge in [0.15, 0.2) is 11.5 Å². The van der Waals surface area contributed by atoms with Crippen LogP contribution in [0.1, 0.15) is 75.1 Å². The molecule has 4 aliphatic rings. The van der Waals surface area contributed by atoms with Gasteiger partial charge in [-0.2, -0.15) is 0 Å². The summed E-state index contributed by atoms with van der Waals surface area (Å²) in [7, 11) is 5.05. The Morgan fingerprint density at radius 3 is 2.41 bits per heavy atom. The minimum atomic E-state index is -0.189. The van der Waals surface area contributed by atoms with Crippen molar-refractivity contribution in [3.05, 3.63) is 100 Å². The van der Waals surface area contributed by atoms with Gasteiger partial charge in [0.05, 0.1) is 62.0 Å². The molecular weight excluding hydrogens is 735 g/mol. The maximum Gasteiger partial charge on any atom is 0.305 e. The van der Waals surface area contributed by atoms with E-state index in [1.54, 1.807) is 13.2 Å². The number of carbonyl (C=O) groups is 3. The largest absolute Gasteiger partial charge is 0.493 e. The number of aryl methyl sites for hydroxylation is 1. The summed E-state index contributed by atoms with van der Waals surface area (Å²) in [6.45, 7) is 5.18. The topological polar surface area (TPSA) is 122 Å². The highest BCUT2D eigenvalue weighted by atomic mass is 16.5. The van der Waals surface area contributed by atoms with Crippen molar-refractivity contribution in [3.63, 3.8) is 0 Å². The van der Waals surface area contributed by atoms with E-state index < -0.39 is 0 Å². The van der Waals surface area contributed by atoms with E-state index in [2.05, 4.69) is 28.4 Å². The summed E-state index contributed by atoms with van der Waals surface area (Å²) in [4.78, 5) is 50.0. The van der Waals surface area contributed by atoms with Crippen molar-refractivity contribution >= 4 is 46.7 Å². The number of ether oxygens (including phenoxy) is 4. The molecule has 2 amide bonds. The zero-order chi connectivity index (χ0) is 40.3. The molecule has 4 aromatic rings. The first-order valence-corrected chi connectivity index (χ1v) is 20.2. The van der Waals surface area contributed by atoms with Crippen molar-refractivity contribution in [2.24, 2.45) is 4.99 Å². The van der Waals surface area contributed by atoms with Crippen LogP contribution in [-0.4, -0.2) is 88.6 Å². The minimum absolute atomic E-state index is 0.0323. The van der Waals surface area contributed by atoms with Crippen LogP contribution in [0.4, 0.5) is 22.7 Å². The minimum Gasteiger partial charge on any atom is -0.493 e. The molecule has 0 aromatic heterocycles. The third-order valence-corrected chi connectivity index (χ3v) is 11.5. The Hall–Kier alpha value is -5.88. The summed E-state index contributed by atoms with van der Waals surface area (Å²) in [5, 5.41) is 3.49. The number of methoxy groups -OCH3 is 2. The fraction of sp³-hybridized carbons (Fsp3) is 0.391. The van der Waals surface area contributed by atoms with Crippen LogP contribution in [0.3, 0.4) is 0 Å². The molecule has 1 N–H and O–H groups in total. The van der Waals surface area contributed by atoms with Gasteiger partial charge in [0.25, 0.3) is 11.8 Å². The number of anilines is 3. The number of nitrogens with zero attached hydrogens (tertiary/aromatic N) is 4. The second-order valence-corrected chi connectivity index (χ2v) is 15.6. The molecule has 302 valence electrons. The Balaban J connectivity index is 0.824. The van der Waals surface area contributed by atoms with Crippen LogP contribution in [0.25, 0.3) is 0 Å². The number of hydrogen-bond acceptors (Lipinski definition) is 10. The number of fused-ring (bicyclic) bond motifs is 8. The van der Waals surface area contributed by atoms with Gasteiger partial charge in [0.1, 0.15) is 5.75 Å². The third-order valence-electron chi connectivity index (χ3n) is 11.5. The van der Waals surface area contributed by atoms with Crippen LogP contribution in [0.15, 0.2) is 71.7 Å². The number of amides is 2. The molecule has 4 heterocycles. The molecule has 0 bridgehead atoms. The van der Waals surface area contributed by atoms with Crippen molar-refractivity contribution in [1.29, 1.82) is 0 Å². The SMILES string of the molecule is COC(=O)CCCN(C)Cc1ccc2c(c1)C[C@H]1C=Nc3cc(OCCCCCOc4cc5c(cc4OC)C(=O)N4c6ccccc6C[C@H]4CN5)c(C)cc3C(=O)N21. The van der Waals surface area contributed by atoms with Crippen molar-refractivity contribution < 1.29 is 33.3 Å². The van der Waals surface area contributed by atoms with Crippen molar-refractivity contribution in [1.82, 2.24) is 4.90 Å². The number of para-hydroxylation sites is 1. The summed E-state index contributed by atoms with van der Waals surface area (Å²) in [5.74, 6) is 1.59. The van der Waals surface area contributed by atoms with Gasteiger partial charge < -0.3 is 34.1 Å². The fourth-order valence-corrected chi connectivity index (χ4v) is 8.56. The lowest BCUT2D eigenvalue weighted by molar-refractivity contribution is -0.140. The van der Waals surface area contributed by atoms with Crippen molar-refractivity contribution in [2.45, 2.75) is 70.5 Å². The van der Waals surface area contributed by atoms with Gasteiger partial charge in [-0.3, -0.25) is 24.3 Å². The predicted octanol–water partition coefficient (Wildman–Crippen LogP) is 7.30. The van der Waals surface area contributed by atoms with Crippen LogP contribution < -0.4 is 29.3 Å². The van der Waals surface area contributed by atoms with E-state index in [9.17, 15) is 14.4 Å². The molecule has 4 aliphatic heterocycles. The molecule has 0 unspecified atom stereocenters. The van der Waals surface area contributed by atoms with Crippen LogP contribution in [-0.2, 0) is 28.9 Å². The molecule has 12 heteroatoms. The molecule has 0 saturated carbocycles. The normalized spacial score (nSPS) is 17.3. The molecule has 12 nitrogen and oxygen atoms in total. The summed E-state index contributed by atoms with van der Waals surface area (Å²) < 4.78 is 22.8. The average molecular weight is 786 g/mol. The number of aliphatic imine (C=N–C) groups is 1. The first-order valence-electron chi connectivity index (χ1n) is 20.2. The highest BCUT2D eigenvalue weighted by Crippen LogP contribution is 2.41. The van der Waals surface area contributed by atoms with Crippen LogP contribution in [0.2, 0.25) is 0 Å². The van der Waals surface area contributed by atoms with E-state index in [0.717, 1.165) is 79.1 Å². The number of carbonyl (C=O) groups excluding carboxylic acids is 3. The average Bonchev–Trinajstić information content (AvgIpc) is 3.71. The molecule has 0 radical (unpaired) electrons. The quantitative estimate of drug-likeness (QED) is 0.0978. The number of rotatable bonds is 15. The van der Waals surface area contributed by atoms with E-state index in [0.29, 0.717) is 60.9 Å². The Morgan fingerprint density at radius 2 is 1.60 bits per heavy atom. The molecule has 0 fully saturated rings. The van der Waals surface area contributed by atoms with Gasteiger partial charge in [0.2, 0.25) is 0 Å². The Labute approximate surface area is 339 Å².